The molecule has 148 valence electrons. The lowest BCUT2D eigenvalue weighted by molar-refractivity contribution is -0.120. The molecule has 28 heavy (non-hydrogen) atoms. The fraction of sp³-hybridized carbons (Fsp3) is 0.500. The molecule has 0 spiro atoms. The fourth-order valence-corrected chi connectivity index (χ4v) is 4.06. The average molecular weight is 449 g/mol. The van der Waals surface area contributed by atoms with Gasteiger partial charge in [-0.15, -0.1) is 10.2 Å². The van der Waals surface area contributed by atoms with Gasteiger partial charge >= 0.3 is 6.09 Å². The van der Waals surface area contributed by atoms with Gasteiger partial charge in [-0.1, -0.05) is 15.9 Å². The van der Waals surface area contributed by atoms with Crippen molar-refractivity contribution < 1.29 is 14.3 Å². The van der Waals surface area contributed by atoms with E-state index in [1.165, 1.54) is 0 Å². The van der Waals surface area contributed by atoms with E-state index < -0.39 is 17.7 Å². The minimum absolute atomic E-state index is 0.100. The first-order valence-corrected chi connectivity index (χ1v) is 9.87. The molecule has 2 aliphatic rings. The first kappa shape index (κ1) is 18.9. The molecular weight excluding hydrogens is 428 g/mol. The van der Waals surface area contributed by atoms with Gasteiger partial charge in [0.25, 0.3) is 0 Å². The highest BCUT2D eigenvalue weighted by Crippen LogP contribution is 2.48. The van der Waals surface area contributed by atoms with Crippen molar-refractivity contribution >= 4 is 33.6 Å². The molecule has 2 fully saturated rings. The van der Waals surface area contributed by atoms with Crippen LogP contribution < -0.4 is 5.32 Å². The molecule has 2 aromatic rings. The lowest BCUT2D eigenvalue weighted by Crippen LogP contribution is -2.47. The summed E-state index contributed by atoms with van der Waals surface area (Å²) in [5.41, 5.74) is 0.690. The first-order chi connectivity index (χ1) is 13.2. The molecule has 1 aliphatic heterocycles. The molecule has 10 heteroatoms. The maximum absolute atomic E-state index is 12.9. The lowest BCUT2D eigenvalue weighted by atomic mass is 10.1. The van der Waals surface area contributed by atoms with Gasteiger partial charge in [0.05, 0.1) is 0 Å². The number of rotatable bonds is 3. The van der Waals surface area contributed by atoms with E-state index in [0.29, 0.717) is 29.4 Å². The second-order valence-electron chi connectivity index (χ2n) is 8.16. The van der Waals surface area contributed by atoms with Gasteiger partial charge in [0, 0.05) is 21.8 Å². The number of hydrogen-bond acceptors (Lipinski definition) is 6. The average Bonchev–Trinajstić information content (AvgIpc) is 3.02. The van der Waals surface area contributed by atoms with Gasteiger partial charge in [0.1, 0.15) is 11.6 Å². The summed E-state index contributed by atoms with van der Waals surface area (Å²) in [6.45, 7) is 5.46. The summed E-state index contributed by atoms with van der Waals surface area (Å²) in [6, 6.07) is 4.95. The quantitative estimate of drug-likeness (QED) is 0.745. The highest BCUT2D eigenvalue weighted by molar-refractivity contribution is 9.10. The molecule has 1 aromatic heterocycles. The number of ether oxygens (including phenoxy) is 1. The zero-order valence-corrected chi connectivity index (χ0v) is 17.4. The van der Waals surface area contributed by atoms with E-state index in [-0.39, 0.29) is 11.9 Å². The molecule has 1 saturated carbocycles. The van der Waals surface area contributed by atoms with Gasteiger partial charge in [0.15, 0.2) is 0 Å². The van der Waals surface area contributed by atoms with Crippen molar-refractivity contribution in [3.05, 3.63) is 22.7 Å². The Balaban J connectivity index is 1.51. The molecule has 1 saturated heterocycles. The Morgan fingerprint density at radius 2 is 2.07 bits per heavy atom. The Bertz CT molecular complexity index is 911. The number of aromatic nitrogens is 4. The molecule has 0 radical (unpaired) electrons. The van der Waals surface area contributed by atoms with Crippen LogP contribution in [0.1, 0.15) is 33.6 Å². The summed E-state index contributed by atoms with van der Waals surface area (Å²) in [4.78, 5) is 27.2. The van der Waals surface area contributed by atoms with Gasteiger partial charge in [-0.05, 0) is 62.9 Å². The topological polar surface area (TPSA) is 113 Å². The summed E-state index contributed by atoms with van der Waals surface area (Å²) in [5.74, 6) is 0.574. The van der Waals surface area contributed by atoms with Gasteiger partial charge in [0.2, 0.25) is 11.7 Å². The predicted molar refractivity (Wildman–Crippen MR) is 104 cm³/mol. The van der Waals surface area contributed by atoms with Crippen LogP contribution in [0.5, 0.6) is 0 Å². The highest BCUT2D eigenvalue weighted by Gasteiger charge is 2.57. The van der Waals surface area contributed by atoms with E-state index >= 15 is 0 Å². The van der Waals surface area contributed by atoms with Crippen LogP contribution in [0, 0.1) is 5.92 Å². The molecule has 1 aromatic carbocycles. The maximum Gasteiger partial charge on any atom is 0.411 e. The Hall–Kier alpha value is -2.49. The number of carbonyl (C=O) groups is 2. The number of tetrazole rings is 1. The van der Waals surface area contributed by atoms with E-state index in [1.54, 1.807) is 17.0 Å². The summed E-state index contributed by atoms with van der Waals surface area (Å²) in [5, 5.41) is 16.8. The molecular formula is C18H21BrN6O3. The number of anilines is 1. The van der Waals surface area contributed by atoms with E-state index in [9.17, 15) is 9.59 Å². The second-order valence-corrected chi connectivity index (χ2v) is 9.07. The van der Waals surface area contributed by atoms with Crippen LogP contribution in [0.4, 0.5) is 10.5 Å². The smallest absolute Gasteiger partial charge is 0.411 e. The van der Waals surface area contributed by atoms with Crippen LogP contribution in [0.15, 0.2) is 22.7 Å². The molecule has 2 amide bonds. The Labute approximate surface area is 170 Å². The summed E-state index contributed by atoms with van der Waals surface area (Å²) in [6.07, 6.45) is 1.16. The Kier molecular flexibility index (Phi) is 4.60. The van der Waals surface area contributed by atoms with Gasteiger partial charge in [-0.2, -0.15) is 5.21 Å². The van der Waals surface area contributed by atoms with E-state index in [1.807, 2.05) is 26.8 Å². The number of hydrogen-bond donors (Lipinski definition) is 2. The van der Waals surface area contributed by atoms with Crippen LogP contribution in [-0.4, -0.2) is 55.2 Å². The van der Waals surface area contributed by atoms with Crippen molar-refractivity contribution in [1.29, 1.82) is 0 Å². The first-order valence-electron chi connectivity index (χ1n) is 9.08. The zero-order chi connectivity index (χ0) is 20.1. The number of nitrogens with zero attached hydrogens (tertiary/aromatic N) is 4. The van der Waals surface area contributed by atoms with Crippen molar-refractivity contribution in [2.45, 2.75) is 51.3 Å². The molecule has 1 aliphatic carbocycles. The molecule has 9 nitrogen and oxygen atoms in total. The SMILES string of the molecule is CC(C)(C)OC(=O)N1C(C(=O)Nc2cc(Br)cc(-c3nn[nH]n3)c2)CC2CC21. The molecule has 4 rings (SSSR count). The molecule has 2 heterocycles. The van der Waals surface area contributed by atoms with Crippen molar-refractivity contribution in [2.75, 3.05) is 5.32 Å². The molecule has 3 unspecified atom stereocenters. The number of aromatic amines is 1. The standard InChI is InChI=1S/C18H21BrN6O3/c1-18(2,3)28-17(27)25-13-6-9(13)7-14(25)16(26)20-12-5-10(4-11(19)8-12)15-21-23-24-22-15/h4-5,8-9,13-14H,6-7H2,1-3H3,(H,20,26)(H,21,22,23,24). The van der Waals surface area contributed by atoms with E-state index in [0.717, 1.165) is 10.9 Å². The lowest BCUT2D eigenvalue weighted by Gasteiger charge is -2.29. The normalized spacial score (nSPS) is 23.3. The number of carbonyl (C=O) groups excluding carboxylic acids is 2. The van der Waals surface area contributed by atoms with Gasteiger partial charge in [-0.25, -0.2) is 4.79 Å². The van der Waals surface area contributed by atoms with Crippen LogP contribution in [0.25, 0.3) is 11.4 Å². The highest BCUT2D eigenvalue weighted by atomic mass is 79.9. The number of nitrogens with one attached hydrogen (secondary N) is 2. The number of halogens is 1. The van der Waals surface area contributed by atoms with Crippen LogP contribution >= 0.6 is 15.9 Å². The number of amides is 2. The third-order valence-electron chi connectivity index (χ3n) is 4.78. The Morgan fingerprint density at radius 3 is 2.75 bits per heavy atom. The predicted octanol–water partition coefficient (Wildman–Crippen LogP) is 2.97. The van der Waals surface area contributed by atoms with Crippen LogP contribution in [0.2, 0.25) is 0 Å². The third-order valence-corrected chi connectivity index (χ3v) is 5.24. The van der Waals surface area contributed by atoms with Crippen molar-refractivity contribution in [3.63, 3.8) is 0 Å². The van der Waals surface area contributed by atoms with Crippen molar-refractivity contribution in [3.8, 4) is 11.4 Å². The number of likely N-dealkylation sites (tertiary alicyclic amines) is 1. The second kappa shape index (κ2) is 6.84. The minimum Gasteiger partial charge on any atom is -0.444 e. The van der Waals surface area contributed by atoms with Crippen LogP contribution in [-0.2, 0) is 9.53 Å². The number of benzene rings is 1. The van der Waals surface area contributed by atoms with Gasteiger partial charge in [-0.3, -0.25) is 9.69 Å². The van der Waals surface area contributed by atoms with E-state index in [2.05, 4.69) is 41.9 Å². The number of piperidine rings is 1. The summed E-state index contributed by atoms with van der Waals surface area (Å²) >= 11 is 3.43. The maximum atomic E-state index is 12.9. The van der Waals surface area contributed by atoms with Gasteiger partial charge < -0.3 is 10.1 Å². The molecule has 0 bridgehead atoms. The monoisotopic (exact) mass is 448 g/mol. The van der Waals surface area contributed by atoms with Crippen molar-refractivity contribution in [2.24, 2.45) is 5.92 Å². The number of H-pyrrole nitrogens is 1. The summed E-state index contributed by atoms with van der Waals surface area (Å²) < 4.78 is 6.28. The zero-order valence-electron chi connectivity index (χ0n) is 15.8. The number of fused-ring (bicyclic) bond motifs is 1. The van der Waals surface area contributed by atoms with Crippen LogP contribution in [0.3, 0.4) is 0 Å². The molecule has 3 atom stereocenters. The Morgan fingerprint density at radius 1 is 1.29 bits per heavy atom. The molecule has 2 N–H and O–H groups in total. The third kappa shape index (κ3) is 3.87. The largest absolute Gasteiger partial charge is 0.444 e. The minimum atomic E-state index is -0.602. The van der Waals surface area contributed by atoms with E-state index in [4.69, 9.17) is 4.74 Å². The van der Waals surface area contributed by atoms with Crippen molar-refractivity contribution in [1.82, 2.24) is 25.5 Å². The summed E-state index contributed by atoms with van der Waals surface area (Å²) in [7, 11) is 0. The fourth-order valence-electron chi connectivity index (χ4n) is 3.57.